The summed E-state index contributed by atoms with van der Waals surface area (Å²) in [5, 5.41) is 6.81. The van der Waals surface area contributed by atoms with Gasteiger partial charge in [0.05, 0.1) is 0 Å². The standard InChI is InChI=1S/C17H24N4/c1-4-11-18-16-13(3)17(21-15(5-2)20-16)19-12-14-9-7-6-8-10-14/h6-10H,4-5,11-12H2,1-3H3,(H2,18,19,20,21). The maximum absolute atomic E-state index is 4.61. The second-order valence-corrected chi connectivity index (χ2v) is 5.08. The summed E-state index contributed by atoms with van der Waals surface area (Å²) < 4.78 is 0. The summed E-state index contributed by atoms with van der Waals surface area (Å²) in [6.07, 6.45) is 1.92. The molecule has 1 aromatic heterocycles. The number of anilines is 2. The molecule has 21 heavy (non-hydrogen) atoms. The molecule has 0 unspecified atom stereocenters. The average Bonchev–Trinajstić information content (AvgIpc) is 2.53. The Morgan fingerprint density at radius 3 is 2.24 bits per heavy atom. The molecule has 4 heteroatoms. The lowest BCUT2D eigenvalue weighted by atomic mass is 10.2. The molecule has 0 fully saturated rings. The third kappa shape index (κ3) is 4.18. The van der Waals surface area contributed by atoms with E-state index in [1.165, 1.54) is 5.56 Å². The second-order valence-electron chi connectivity index (χ2n) is 5.08. The van der Waals surface area contributed by atoms with Crippen LogP contribution in [0, 0.1) is 6.92 Å². The van der Waals surface area contributed by atoms with E-state index in [9.17, 15) is 0 Å². The Hall–Kier alpha value is -2.10. The van der Waals surface area contributed by atoms with Crippen LogP contribution in [0.1, 0.15) is 37.2 Å². The summed E-state index contributed by atoms with van der Waals surface area (Å²) in [6.45, 7) is 7.99. The second kappa shape index (κ2) is 7.62. The molecule has 1 heterocycles. The first-order valence-electron chi connectivity index (χ1n) is 7.63. The lowest BCUT2D eigenvalue weighted by Gasteiger charge is -2.14. The molecule has 4 nitrogen and oxygen atoms in total. The molecule has 0 radical (unpaired) electrons. The summed E-state index contributed by atoms with van der Waals surface area (Å²) in [5.41, 5.74) is 2.33. The number of hydrogen-bond acceptors (Lipinski definition) is 4. The van der Waals surface area contributed by atoms with Crippen LogP contribution in [0.3, 0.4) is 0 Å². The highest BCUT2D eigenvalue weighted by Gasteiger charge is 2.09. The first-order valence-corrected chi connectivity index (χ1v) is 7.63. The van der Waals surface area contributed by atoms with Gasteiger partial charge in [0.1, 0.15) is 17.5 Å². The van der Waals surface area contributed by atoms with Gasteiger partial charge in [0.25, 0.3) is 0 Å². The van der Waals surface area contributed by atoms with E-state index >= 15 is 0 Å². The summed E-state index contributed by atoms with van der Waals surface area (Å²) >= 11 is 0. The first-order chi connectivity index (χ1) is 10.2. The van der Waals surface area contributed by atoms with Gasteiger partial charge in [0.2, 0.25) is 0 Å². The molecule has 0 saturated heterocycles. The van der Waals surface area contributed by atoms with E-state index in [0.717, 1.165) is 49.0 Å². The summed E-state index contributed by atoms with van der Waals surface area (Å²) in [7, 11) is 0. The zero-order valence-corrected chi connectivity index (χ0v) is 13.1. The number of aromatic nitrogens is 2. The molecule has 0 atom stereocenters. The van der Waals surface area contributed by atoms with Crippen LogP contribution in [0.4, 0.5) is 11.6 Å². The Morgan fingerprint density at radius 1 is 0.952 bits per heavy atom. The third-order valence-electron chi connectivity index (χ3n) is 3.35. The van der Waals surface area contributed by atoms with Crippen molar-refractivity contribution < 1.29 is 0 Å². The smallest absolute Gasteiger partial charge is 0.135 e. The number of aryl methyl sites for hydroxylation is 1. The van der Waals surface area contributed by atoms with Crippen molar-refractivity contribution in [1.82, 2.24) is 9.97 Å². The fourth-order valence-corrected chi connectivity index (χ4v) is 2.09. The predicted molar refractivity (Wildman–Crippen MR) is 88.7 cm³/mol. The van der Waals surface area contributed by atoms with Gasteiger partial charge in [-0.15, -0.1) is 0 Å². The van der Waals surface area contributed by atoms with Crippen molar-refractivity contribution in [2.75, 3.05) is 17.2 Å². The van der Waals surface area contributed by atoms with Crippen LogP contribution in [0.25, 0.3) is 0 Å². The molecule has 0 amide bonds. The average molecular weight is 284 g/mol. The van der Waals surface area contributed by atoms with Crippen LogP contribution in [0.5, 0.6) is 0 Å². The number of nitrogens with zero attached hydrogens (tertiary/aromatic N) is 2. The molecular weight excluding hydrogens is 260 g/mol. The monoisotopic (exact) mass is 284 g/mol. The molecule has 0 saturated carbocycles. The van der Waals surface area contributed by atoms with Crippen LogP contribution in [0.15, 0.2) is 30.3 Å². The fourth-order valence-electron chi connectivity index (χ4n) is 2.09. The zero-order chi connectivity index (χ0) is 15.1. The minimum absolute atomic E-state index is 0.773. The van der Waals surface area contributed by atoms with Gasteiger partial charge in [-0.05, 0) is 18.9 Å². The minimum atomic E-state index is 0.773. The first kappa shape index (κ1) is 15.3. The summed E-state index contributed by atoms with van der Waals surface area (Å²) in [6, 6.07) is 10.4. The number of rotatable bonds is 7. The van der Waals surface area contributed by atoms with Crippen molar-refractivity contribution in [3.05, 3.63) is 47.3 Å². The van der Waals surface area contributed by atoms with Gasteiger partial charge in [-0.1, -0.05) is 44.2 Å². The fraction of sp³-hybridized carbons (Fsp3) is 0.412. The molecule has 0 aliphatic heterocycles. The lowest BCUT2D eigenvalue weighted by Crippen LogP contribution is -2.11. The molecule has 2 rings (SSSR count). The van der Waals surface area contributed by atoms with Crippen molar-refractivity contribution >= 4 is 11.6 Å². The molecule has 2 aromatic rings. The van der Waals surface area contributed by atoms with E-state index in [-0.39, 0.29) is 0 Å². The molecule has 0 bridgehead atoms. The summed E-state index contributed by atoms with van der Waals surface area (Å²) in [5.74, 6) is 2.73. The van der Waals surface area contributed by atoms with Gasteiger partial charge in [-0.25, -0.2) is 9.97 Å². The van der Waals surface area contributed by atoms with Crippen molar-refractivity contribution in [2.24, 2.45) is 0 Å². The van der Waals surface area contributed by atoms with Gasteiger partial charge in [0.15, 0.2) is 0 Å². The van der Waals surface area contributed by atoms with E-state index in [1.807, 2.05) is 6.07 Å². The Morgan fingerprint density at radius 2 is 1.62 bits per heavy atom. The van der Waals surface area contributed by atoms with E-state index < -0.39 is 0 Å². The number of hydrogen-bond donors (Lipinski definition) is 2. The third-order valence-corrected chi connectivity index (χ3v) is 3.35. The summed E-state index contributed by atoms with van der Waals surface area (Å²) in [4.78, 5) is 9.19. The van der Waals surface area contributed by atoms with Crippen molar-refractivity contribution in [1.29, 1.82) is 0 Å². The van der Waals surface area contributed by atoms with Gasteiger partial charge >= 0.3 is 0 Å². The molecule has 1 aromatic carbocycles. The van der Waals surface area contributed by atoms with Crippen LogP contribution < -0.4 is 10.6 Å². The Bertz CT molecular complexity index is 567. The van der Waals surface area contributed by atoms with Gasteiger partial charge in [0, 0.05) is 25.1 Å². The Kier molecular flexibility index (Phi) is 5.55. The van der Waals surface area contributed by atoms with Crippen LogP contribution in [0.2, 0.25) is 0 Å². The number of benzene rings is 1. The molecule has 2 N–H and O–H groups in total. The SMILES string of the molecule is CCCNc1nc(CC)nc(NCc2ccccc2)c1C. The van der Waals surface area contributed by atoms with Crippen LogP contribution >= 0.6 is 0 Å². The van der Waals surface area contributed by atoms with E-state index in [2.05, 4.69) is 65.6 Å². The highest BCUT2D eigenvalue weighted by molar-refractivity contribution is 5.57. The van der Waals surface area contributed by atoms with Crippen molar-refractivity contribution in [3.63, 3.8) is 0 Å². The topological polar surface area (TPSA) is 49.8 Å². The maximum Gasteiger partial charge on any atom is 0.135 e. The molecule has 112 valence electrons. The largest absolute Gasteiger partial charge is 0.370 e. The van der Waals surface area contributed by atoms with Gasteiger partial charge < -0.3 is 10.6 Å². The maximum atomic E-state index is 4.61. The lowest BCUT2D eigenvalue weighted by molar-refractivity contribution is 0.903. The normalized spacial score (nSPS) is 10.4. The zero-order valence-electron chi connectivity index (χ0n) is 13.1. The van der Waals surface area contributed by atoms with Gasteiger partial charge in [-0.2, -0.15) is 0 Å². The van der Waals surface area contributed by atoms with Crippen LogP contribution in [-0.4, -0.2) is 16.5 Å². The quantitative estimate of drug-likeness (QED) is 0.812. The molecular formula is C17H24N4. The van der Waals surface area contributed by atoms with Crippen LogP contribution in [-0.2, 0) is 13.0 Å². The minimum Gasteiger partial charge on any atom is -0.370 e. The Labute approximate surface area is 127 Å². The van der Waals surface area contributed by atoms with Gasteiger partial charge in [-0.3, -0.25) is 0 Å². The number of nitrogens with one attached hydrogen (secondary N) is 2. The Balaban J connectivity index is 2.17. The van der Waals surface area contributed by atoms with E-state index in [4.69, 9.17) is 0 Å². The highest BCUT2D eigenvalue weighted by Crippen LogP contribution is 2.21. The molecule has 0 aliphatic carbocycles. The van der Waals surface area contributed by atoms with E-state index in [0.29, 0.717) is 0 Å². The molecule has 0 aliphatic rings. The van der Waals surface area contributed by atoms with E-state index in [1.54, 1.807) is 0 Å². The highest BCUT2D eigenvalue weighted by atomic mass is 15.1. The molecule has 0 spiro atoms. The van der Waals surface area contributed by atoms with Crippen molar-refractivity contribution in [2.45, 2.75) is 40.2 Å². The van der Waals surface area contributed by atoms with Crippen molar-refractivity contribution in [3.8, 4) is 0 Å². The predicted octanol–water partition coefficient (Wildman–Crippen LogP) is 3.78.